The van der Waals surface area contributed by atoms with Crippen molar-refractivity contribution >= 4 is 24.1 Å². The summed E-state index contributed by atoms with van der Waals surface area (Å²) in [5, 5.41) is 0. The molecule has 1 aliphatic heterocycles. The van der Waals surface area contributed by atoms with Gasteiger partial charge in [0.2, 0.25) is 15.6 Å². The van der Waals surface area contributed by atoms with E-state index in [4.69, 9.17) is 0 Å². The van der Waals surface area contributed by atoms with Gasteiger partial charge in [0.05, 0.1) is 20.1 Å². The molecular weight excluding hydrogens is 447 g/mol. The van der Waals surface area contributed by atoms with Crippen molar-refractivity contribution < 1.29 is 31.1 Å². The molecule has 172 valence electrons. The summed E-state index contributed by atoms with van der Waals surface area (Å²) in [6.07, 6.45) is -3.48. The predicted molar refractivity (Wildman–Crippen MR) is 114 cm³/mol. The summed E-state index contributed by atoms with van der Waals surface area (Å²) in [5.41, 5.74) is -1.14. The fourth-order valence-electron chi connectivity index (χ4n) is 4.26. The number of carbonyl (C=O) groups is 1. The molecule has 31 heavy (non-hydrogen) atoms. The number of hydrogen-bond donors (Lipinski definition) is 0. The highest BCUT2D eigenvalue weighted by Gasteiger charge is 2.76. The highest BCUT2D eigenvalue weighted by Crippen LogP contribution is 2.65. The second kappa shape index (κ2) is 7.45. The summed E-state index contributed by atoms with van der Waals surface area (Å²) in [7, 11) is -5.44. The van der Waals surface area contributed by atoms with Crippen molar-refractivity contribution in [3.05, 3.63) is 41.6 Å². The van der Waals surface area contributed by atoms with Gasteiger partial charge in [-0.25, -0.2) is 13.2 Å². The van der Waals surface area contributed by atoms with Crippen molar-refractivity contribution in [2.24, 2.45) is 11.3 Å². The van der Waals surface area contributed by atoms with Gasteiger partial charge in [0, 0.05) is 12.0 Å². The largest absolute Gasteiger partial charge is 0.467 e. The van der Waals surface area contributed by atoms with E-state index in [2.05, 4.69) is 24.4 Å². The number of fused-ring (bicyclic) bond motifs is 1. The first-order valence-electron chi connectivity index (χ1n) is 10.0. The van der Waals surface area contributed by atoms with Crippen LogP contribution < -0.4 is 0 Å². The zero-order valence-electron chi connectivity index (χ0n) is 18.3. The van der Waals surface area contributed by atoms with Crippen LogP contribution in [-0.2, 0) is 19.6 Å². The third-order valence-electron chi connectivity index (χ3n) is 6.20. The molecular formula is C21H28F3NO4SSi. The molecule has 0 radical (unpaired) electrons. The highest BCUT2D eigenvalue weighted by atomic mass is 32.2. The van der Waals surface area contributed by atoms with Crippen molar-refractivity contribution in [2.75, 3.05) is 13.7 Å². The average Bonchev–Trinajstić information content (AvgIpc) is 3.37. The lowest BCUT2D eigenvalue weighted by atomic mass is 9.83. The molecule has 3 rings (SSSR count). The minimum absolute atomic E-state index is 0.279. The van der Waals surface area contributed by atoms with E-state index >= 15 is 0 Å². The van der Waals surface area contributed by atoms with Gasteiger partial charge in [-0.2, -0.15) is 17.5 Å². The number of sulfonamides is 1. The topological polar surface area (TPSA) is 63.7 Å². The lowest BCUT2D eigenvalue weighted by Gasteiger charge is -2.46. The minimum atomic E-state index is -5.13. The first kappa shape index (κ1) is 24.0. The van der Waals surface area contributed by atoms with E-state index in [-0.39, 0.29) is 4.90 Å². The predicted octanol–water partition coefficient (Wildman–Crippen LogP) is 4.30. The number of halogens is 3. The van der Waals surface area contributed by atoms with Crippen LogP contribution >= 0.6 is 0 Å². The maximum absolute atomic E-state index is 14.5. The van der Waals surface area contributed by atoms with Crippen LogP contribution in [0.4, 0.5) is 13.2 Å². The van der Waals surface area contributed by atoms with Crippen molar-refractivity contribution in [1.29, 1.82) is 0 Å². The number of nitrogens with zero attached hydrogens (tertiary/aromatic N) is 1. The van der Waals surface area contributed by atoms with Crippen molar-refractivity contribution in [1.82, 2.24) is 4.31 Å². The Morgan fingerprint density at radius 1 is 1.19 bits per heavy atom. The lowest BCUT2D eigenvalue weighted by Crippen LogP contribution is -2.68. The van der Waals surface area contributed by atoms with E-state index in [0.717, 1.165) is 12.7 Å². The van der Waals surface area contributed by atoms with Gasteiger partial charge in [-0.1, -0.05) is 49.1 Å². The SMILES string of the molecule is COC(=O)C1(C(F)(F)F)C[C@H]2C[C@@]2(/C=C\[Si](C)(C)C)CN1S(=O)(=O)c1ccc(C)cc1. The Kier molecular flexibility index (Phi) is 5.77. The van der Waals surface area contributed by atoms with Crippen LogP contribution in [0, 0.1) is 18.3 Å². The Morgan fingerprint density at radius 3 is 2.26 bits per heavy atom. The number of ether oxygens (including phenoxy) is 1. The maximum atomic E-state index is 14.5. The number of alkyl halides is 3. The molecule has 10 heteroatoms. The number of benzene rings is 1. The molecule has 0 aromatic heterocycles. The molecule has 1 aromatic rings. The number of aryl methyl sites for hydroxylation is 1. The minimum Gasteiger partial charge on any atom is -0.467 e. The van der Waals surface area contributed by atoms with Crippen LogP contribution in [-0.4, -0.2) is 52.1 Å². The molecule has 2 aliphatic rings. The van der Waals surface area contributed by atoms with E-state index < -0.39 is 60.1 Å². The molecule has 1 saturated carbocycles. The average molecular weight is 476 g/mol. The molecule has 5 nitrogen and oxygen atoms in total. The lowest BCUT2D eigenvalue weighted by molar-refractivity contribution is -0.235. The van der Waals surface area contributed by atoms with E-state index in [0.29, 0.717) is 10.7 Å². The normalized spacial score (nSPS) is 29.6. The summed E-state index contributed by atoms with van der Waals surface area (Å²) in [6.45, 7) is 7.61. The summed E-state index contributed by atoms with van der Waals surface area (Å²) >= 11 is 0. The van der Waals surface area contributed by atoms with Gasteiger partial charge in [-0.15, -0.1) is 0 Å². The van der Waals surface area contributed by atoms with Gasteiger partial charge < -0.3 is 4.74 Å². The molecule has 1 aromatic carbocycles. The summed E-state index contributed by atoms with van der Waals surface area (Å²) in [4.78, 5) is 12.3. The molecule has 3 atom stereocenters. The van der Waals surface area contributed by atoms with Crippen molar-refractivity contribution in [3.63, 3.8) is 0 Å². The van der Waals surface area contributed by atoms with Crippen LogP contribution in [0.1, 0.15) is 18.4 Å². The van der Waals surface area contributed by atoms with Crippen LogP contribution in [0.5, 0.6) is 0 Å². The third kappa shape index (κ3) is 4.09. The Labute approximate surface area is 182 Å². The van der Waals surface area contributed by atoms with Gasteiger partial charge >= 0.3 is 12.1 Å². The molecule has 0 N–H and O–H groups in total. The number of hydrogen-bond acceptors (Lipinski definition) is 4. The summed E-state index contributed by atoms with van der Waals surface area (Å²) < 4.78 is 75.3. The van der Waals surface area contributed by atoms with Crippen LogP contribution in [0.2, 0.25) is 19.6 Å². The van der Waals surface area contributed by atoms with E-state index in [1.54, 1.807) is 6.92 Å². The molecule has 1 saturated heterocycles. The quantitative estimate of drug-likeness (QED) is 0.471. The molecule has 1 unspecified atom stereocenters. The Hall–Kier alpha value is -1.65. The number of piperidine rings is 1. The second-order valence-corrected chi connectivity index (χ2v) is 16.6. The Morgan fingerprint density at radius 2 is 1.77 bits per heavy atom. The van der Waals surface area contributed by atoms with Crippen LogP contribution in [0.25, 0.3) is 0 Å². The van der Waals surface area contributed by atoms with E-state index in [1.165, 1.54) is 24.3 Å². The van der Waals surface area contributed by atoms with Gasteiger partial charge in [0.15, 0.2) is 0 Å². The monoisotopic (exact) mass is 475 g/mol. The van der Waals surface area contributed by atoms with E-state index in [9.17, 15) is 26.4 Å². The maximum Gasteiger partial charge on any atom is 0.418 e. The van der Waals surface area contributed by atoms with Crippen LogP contribution in [0.3, 0.4) is 0 Å². The first-order valence-corrected chi connectivity index (χ1v) is 15.1. The Bertz CT molecular complexity index is 1000. The fraction of sp³-hybridized carbons (Fsp3) is 0.571. The summed E-state index contributed by atoms with van der Waals surface area (Å²) in [6, 6.07) is 5.58. The third-order valence-corrected chi connectivity index (χ3v) is 9.26. The van der Waals surface area contributed by atoms with Crippen molar-refractivity contribution in [3.8, 4) is 0 Å². The zero-order valence-corrected chi connectivity index (χ0v) is 20.1. The first-order chi connectivity index (χ1) is 14.1. The van der Waals surface area contributed by atoms with Crippen LogP contribution in [0.15, 0.2) is 40.9 Å². The molecule has 0 amide bonds. The molecule has 0 spiro atoms. The highest BCUT2D eigenvalue weighted by molar-refractivity contribution is 7.89. The standard InChI is InChI=1S/C21H28F3NO4SSi/c1-15-6-8-17(9-7-15)30(27,28)25-14-19(10-11-31(3,4)5)12-16(19)13-20(25,18(26)29-2)21(22,23)24/h6-11,16H,12-14H2,1-5H3/b11-10-/t16-,19+,20?/m1/s1. The van der Waals surface area contributed by atoms with Gasteiger partial charge in [0.1, 0.15) is 0 Å². The van der Waals surface area contributed by atoms with Gasteiger partial charge in [0.25, 0.3) is 0 Å². The Balaban J connectivity index is 2.18. The second-order valence-electron chi connectivity index (χ2n) is 9.71. The zero-order chi connectivity index (χ0) is 23.5. The van der Waals surface area contributed by atoms with E-state index in [1.807, 2.05) is 11.8 Å². The number of rotatable bonds is 5. The smallest absolute Gasteiger partial charge is 0.418 e. The molecule has 1 heterocycles. The number of esters is 1. The van der Waals surface area contributed by atoms with Gasteiger partial charge in [-0.05, 0) is 37.8 Å². The number of carbonyl (C=O) groups excluding carboxylic acids is 1. The fourth-order valence-corrected chi connectivity index (χ4v) is 6.90. The molecule has 2 fully saturated rings. The molecule has 0 bridgehead atoms. The summed E-state index contributed by atoms with van der Waals surface area (Å²) in [5.74, 6) is -2.03. The number of methoxy groups -OCH3 is 1. The van der Waals surface area contributed by atoms with Crippen molar-refractivity contribution in [2.45, 2.75) is 56.0 Å². The van der Waals surface area contributed by atoms with Gasteiger partial charge in [-0.3, -0.25) is 0 Å². The molecule has 1 aliphatic carbocycles.